The van der Waals surface area contributed by atoms with Crippen LogP contribution in [-0.2, 0) is 13.9 Å². The normalized spacial score (nSPS) is 21.3. The van der Waals surface area contributed by atoms with E-state index >= 15 is 0 Å². The minimum atomic E-state index is -3.31. The number of nitrogens with one attached hydrogen (secondary N) is 1. The van der Waals surface area contributed by atoms with Gasteiger partial charge < -0.3 is 14.9 Å². The molecule has 1 atom stereocenters. The Morgan fingerprint density at radius 2 is 1.79 bits per heavy atom. The summed E-state index contributed by atoms with van der Waals surface area (Å²) in [5.41, 5.74) is 1.82. The largest absolute Gasteiger partial charge is 0.480 e. The third kappa shape index (κ3) is 3.67. The van der Waals surface area contributed by atoms with Crippen LogP contribution in [0.1, 0.15) is 6.42 Å². The molecule has 24 heavy (non-hydrogen) atoms. The second-order valence-corrected chi connectivity index (χ2v) is 7.91. The Morgan fingerprint density at radius 1 is 1.12 bits per heavy atom. The highest BCUT2D eigenvalue weighted by atomic mass is 31.2. The number of hydrogen-bond acceptors (Lipinski definition) is 4. The molecule has 2 aromatic carbocycles. The van der Waals surface area contributed by atoms with E-state index in [1.54, 1.807) is 12.1 Å². The van der Waals surface area contributed by atoms with E-state index in [4.69, 9.17) is 9.63 Å². The monoisotopic (exact) mass is 346 g/mol. The highest BCUT2D eigenvalue weighted by Gasteiger charge is 2.37. The van der Waals surface area contributed by atoms with Gasteiger partial charge in [0.25, 0.3) is 0 Å². The van der Waals surface area contributed by atoms with E-state index in [-0.39, 0.29) is 6.54 Å². The molecule has 1 aliphatic rings. The van der Waals surface area contributed by atoms with Gasteiger partial charge in [-0.1, -0.05) is 18.2 Å². The summed E-state index contributed by atoms with van der Waals surface area (Å²) in [6, 6.07) is 16.8. The van der Waals surface area contributed by atoms with Crippen molar-refractivity contribution in [3.05, 3.63) is 54.6 Å². The zero-order valence-corrected chi connectivity index (χ0v) is 14.0. The van der Waals surface area contributed by atoms with Crippen molar-refractivity contribution in [2.24, 2.45) is 0 Å². The molecule has 2 N–H and O–H groups in total. The standard InChI is InChI=1S/C17H19N2O4P/c20-17(21)13-19-11-4-12-23-24(19,22)16-9-7-15(8-10-16)18-14-5-2-1-3-6-14/h1-3,5-10,18H,4,11-13H2,(H,20,21). The van der Waals surface area contributed by atoms with Crippen LogP contribution in [0.4, 0.5) is 11.4 Å². The molecule has 1 aliphatic heterocycles. The smallest absolute Gasteiger partial charge is 0.318 e. The lowest BCUT2D eigenvalue weighted by Gasteiger charge is -2.34. The molecule has 0 aliphatic carbocycles. The molecular weight excluding hydrogens is 327 g/mol. The fraction of sp³-hybridized carbons (Fsp3) is 0.235. The summed E-state index contributed by atoms with van der Waals surface area (Å²) in [6.45, 7) is 0.534. The second-order valence-electron chi connectivity index (χ2n) is 5.53. The van der Waals surface area contributed by atoms with Gasteiger partial charge in [-0.2, -0.15) is 0 Å². The van der Waals surface area contributed by atoms with Crippen LogP contribution < -0.4 is 10.6 Å². The van der Waals surface area contributed by atoms with Crippen LogP contribution in [0.2, 0.25) is 0 Å². The predicted octanol–water partition coefficient (Wildman–Crippen LogP) is 3.06. The van der Waals surface area contributed by atoms with Gasteiger partial charge in [0.2, 0.25) is 0 Å². The molecule has 0 spiro atoms. The minimum absolute atomic E-state index is 0.290. The summed E-state index contributed by atoms with van der Waals surface area (Å²) in [6.07, 6.45) is 0.672. The average molecular weight is 346 g/mol. The van der Waals surface area contributed by atoms with E-state index in [1.807, 2.05) is 42.5 Å². The summed E-state index contributed by atoms with van der Waals surface area (Å²) in [5, 5.41) is 12.8. The molecule has 126 valence electrons. The summed E-state index contributed by atoms with van der Waals surface area (Å²) in [7, 11) is -3.31. The van der Waals surface area contributed by atoms with Gasteiger partial charge in [-0.3, -0.25) is 9.36 Å². The summed E-state index contributed by atoms with van der Waals surface area (Å²) in [5.74, 6) is -1.01. The van der Waals surface area contributed by atoms with Gasteiger partial charge in [-0.25, -0.2) is 4.67 Å². The molecular formula is C17H19N2O4P. The van der Waals surface area contributed by atoms with E-state index in [2.05, 4.69) is 5.32 Å². The summed E-state index contributed by atoms with van der Waals surface area (Å²) >= 11 is 0. The third-order valence-electron chi connectivity index (χ3n) is 3.77. The van der Waals surface area contributed by atoms with Crippen LogP contribution >= 0.6 is 7.52 Å². The molecule has 7 heteroatoms. The number of aliphatic carboxylic acids is 1. The summed E-state index contributed by atoms with van der Waals surface area (Å²) < 4.78 is 20.1. The molecule has 1 saturated heterocycles. The average Bonchev–Trinajstić information content (AvgIpc) is 2.58. The van der Waals surface area contributed by atoms with Crippen LogP contribution in [-0.4, -0.2) is 35.4 Å². The third-order valence-corrected chi connectivity index (χ3v) is 6.34. The first-order valence-corrected chi connectivity index (χ1v) is 9.30. The Hall–Kier alpha value is -2.14. The first-order chi connectivity index (χ1) is 11.6. The number of carboxylic acid groups (broad SMARTS) is 1. The fourth-order valence-corrected chi connectivity index (χ4v) is 4.89. The molecule has 1 heterocycles. The Kier molecular flexibility index (Phi) is 5.00. The van der Waals surface area contributed by atoms with Crippen molar-refractivity contribution in [2.45, 2.75) is 6.42 Å². The molecule has 0 aromatic heterocycles. The first-order valence-electron chi connectivity index (χ1n) is 7.72. The van der Waals surface area contributed by atoms with Gasteiger partial charge in [0.1, 0.15) is 6.54 Å². The van der Waals surface area contributed by atoms with Crippen molar-refractivity contribution in [3.8, 4) is 0 Å². The Bertz CT molecular complexity index is 749. The number of anilines is 2. The predicted molar refractivity (Wildman–Crippen MR) is 93.2 cm³/mol. The van der Waals surface area contributed by atoms with Crippen molar-refractivity contribution in [1.82, 2.24) is 4.67 Å². The number of nitrogens with zero attached hydrogens (tertiary/aromatic N) is 1. The Balaban J connectivity index is 1.80. The maximum atomic E-state index is 13.2. The van der Waals surface area contributed by atoms with E-state index in [0.717, 1.165) is 11.4 Å². The van der Waals surface area contributed by atoms with Gasteiger partial charge in [0.05, 0.1) is 11.9 Å². The number of benzene rings is 2. The van der Waals surface area contributed by atoms with Crippen molar-refractivity contribution in [2.75, 3.05) is 25.0 Å². The van der Waals surface area contributed by atoms with E-state index in [0.29, 0.717) is 24.9 Å². The van der Waals surface area contributed by atoms with Crippen molar-refractivity contribution >= 4 is 30.2 Å². The molecule has 6 nitrogen and oxygen atoms in total. The second kappa shape index (κ2) is 7.18. The molecule has 3 rings (SSSR count). The lowest BCUT2D eigenvalue weighted by Crippen LogP contribution is -2.36. The fourth-order valence-electron chi connectivity index (χ4n) is 2.64. The molecule has 0 bridgehead atoms. The lowest BCUT2D eigenvalue weighted by atomic mass is 10.3. The first kappa shape index (κ1) is 16.7. The van der Waals surface area contributed by atoms with Crippen LogP contribution in [0.3, 0.4) is 0 Å². The van der Waals surface area contributed by atoms with Gasteiger partial charge >= 0.3 is 13.5 Å². The lowest BCUT2D eigenvalue weighted by molar-refractivity contribution is -0.137. The molecule has 0 saturated carbocycles. The van der Waals surface area contributed by atoms with Crippen LogP contribution in [0.5, 0.6) is 0 Å². The molecule has 2 aromatic rings. The van der Waals surface area contributed by atoms with E-state index in [9.17, 15) is 9.36 Å². The number of rotatable bonds is 5. The van der Waals surface area contributed by atoms with Crippen LogP contribution in [0, 0.1) is 0 Å². The molecule has 1 unspecified atom stereocenters. The quantitative estimate of drug-likeness (QED) is 0.810. The van der Waals surface area contributed by atoms with Crippen molar-refractivity contribution in [1.29, 1.82) is 0 Å². The highest BCUT2D eigenvalue weighted by molar-refractivity contribution is 7.64. The highest BCUT2D eigenvalue weighted by Crippen LogP contribution is 2.51. The number of carboxylic acids is 1. The molecule has 0 amide bonds. The number of hydrogen-bond donors (Lipinski definition) is 2. The number of para-hydroxylation sites is 1. The topological polar surface area (TPSA) is 78.9 Å². The van der Waals surface area contributed by atoms with Gasteiger partial charge in [0, 0.05) is 17.9 Å². The molecule has 1 fully saturated rings. The maximum absolute atomic E-state index is 13.2. The van der Waals surface area contributed by atoms with Crippen molar-refractivity contribution < 1.29 is 19.0 Å². The van der Waals surface area contributed by atoms with Gasteiger partial charge in [-0.05, 0) is 42.8 Å². The Morgan fingerprint density at radius 3 is 2.46 bits per heavy atom. The van der Waals surface area contributed by atoms with E-state index < -0.39 is 13.5 Å². The van der Waals surface area contributed by atoms with Crippen molar-refractivity contribution in [3.63, 3.8) is 0 Å². The zero-order chi connectivity index (χ0) is 17.0. The summed E-state index contributed by atoms with van der Waals surface area (Å²) in [4.78, 5) is 11.0. The van der Waals surface area contributed by atoms with Gasteiger partial charge in [0.15, 0.2) is 0 Å². The van der Waals surface area contributed by atoms with Crippen LogP contribution in [0.15, 0.2) is 54.6 Å². The zero-order valence-electron chi connectivity index (χ0n) is 13.1. The van der Waals surface area contributed by atoms with E-state index in [1.165, 1.54) is 4.67 Å². The molecule has 0 radical (unpaired) electrons. The SMILES string of the molecule is O=C(O)CN1CCCOP1(=O)c1ccc(Nc2ccccc2)cc1. The Labute approximate surface area is 140 Å². The number of carbonyl (C=O) groups is 1. The maximum Gasteiger partial charge on any atom is 0.318 e. The van der Waals surface area contributed by atoms with Gasteiger partial charge in [-0.15, -0.1) is 0 Å². The minimum Gasteiger partial charge on any atom is -0.480 e. The van der Waals surface area contributed by atoms with Crippen LogP contribution in [0.25, 0.3) is 0 Å².